The van der Waals surface area contributed by atoms with Crippen LogP contribution in [0.4, 0.5) is 0 Å². The van der Waals surface area contributed by atoms with E-state index in [2.05, 4.69) is 5.32 Å². The van der Waals surface area contributed by atoms with Crippen molar-refractivity contribution in [2.75, 3.05) is 13.2 Å². The maximum Gasteiger partial charge on any atom is 0.257 e. The van der Waals surface area contributed by atoms with E-state index in [-0.39, 0.29) is 12.5 Å². The van der Waals surface area contributed by atoms with E-state index in [0.29, 0.717) is 18.7 Å². The Morgan fingerprint density at radius 2 is 2.09 bits per heavy atom. The molecule has 2 N–H and O–H groups in total. The highest BCUT2D eigenvalue weighted by molar-refractivity contribution is 5.77. The van der Waals surface area contributed by atoms with Gasteiger partial charge in [-0.25, -0.2) is 0 Å². The van der Waals surface area contributed by atoms with Crippen molar-refractivity contribution in [3.63, 3.8) is 0 Å². The maximum atomic E-state index is 11.7. The fourth-order valence-electron chi connectivity index (χ4n) is 2.23. The number of nitrogens with one attached hydrogen (secondary N) is 1. The normalized spacial score (nSPS) is 12.0. The Morgan fingerprint density at radius 1 is 1.32 bits per heavy atom. The van der Waals surface area contributed by atoms with Crippen molar-refractivity contribution < 1.29 is 14.6 Å². The number of hydrogen-bond donors (Lipinski definition) is 2. The minimum Gasteiger partial charge on any atom is -0.484 e. The van der Waals surface area contributed by atoms with Crippen LogP contribution in [-0.4, -0.2) is 28.7 Å². The molecule has 2 aromatic rings. The number of rotatable bonds is 7. The zero-order valence-electron chi connectivity index (χ0n) is 13.0. The number of hydrogen-bond acceptors (Lipinski definition) is 3. The maximum absolute atomic E-state index is 11.7. The lowest BCUT2D eigenvalue weighted by Gasteiger charge is -2.13. The quantitative estimate of drug-likeness (QED) is 0.822. The first-order valence-electron chi connectivity index (χ1n) is 7.32. The van der Waals surface area contributed by atoms with E-state index < -0.39 is 6.10 Å². The summed E-state index contributed by atoms with van der Waals surface area (Å²) < 4.78 is 7.34. The van der Waals surface area contributed by atoms with Gasteiger partial charge in [-0.15, -0.1) is 0 Å². The average Bonchev–Trinajstić information content (AvgIpc) is 2.92. The monoisotopic (exact) mass is 302 g/mol. The molecular weight excluding hydrogens is 280 g/mol. The van der Waals surface area contributed by atoms with Gasteiger partial charge in [0, 0.05) is 25.5 Å². The molecule has 5 heteroatoms. The fourth-order valence-corrected chi connectivity index (χ4v) is 2.23. The summed E-state index contributed by atoms with van der Waals surface area (Å²) in [6.45, 7) is 2.32. The molecular formula is C17H22N2O3. The van der Waals surface area contributed by atoms with Gasteiger partial charge in [0.2, 0.25) is 0 Å². The minimum atomic E-state index is -0.586. The Kier molecular flexibility index (Phi) is 5.61. The molecule has 1 aromatic heterocycles. The van der Waals surface area contributed by atoms with Crippen molar-refractivity contribution in [3.8, 4) is 5.75 Å². The summed E-state index contributed by atoms with van der Waals surface area (Å²) in [5.74, 6) is 0.517. The van der Waals surface area contributed by atoms with Crippen LogP contribution in [0.25, 0.3) is 0 Å². The van der Waals surface area contributed by atoms with Crippen LogP contribution in [0.3, 0.4) is 0 Å². The zero-order chi connectivity index (χ0) is 15.9. The van der Waals surface area contributed by atoms with Crippen LogP contribution < -0.4 is 10.1 Å². The smallest absolute Gasteiger partial charge is 0.257 e. The van der Waals surface area contributed by atoms with Crippen molar-refractivity contribution in [2.45, 2.75) is 19.4 Å². The van der Waals surface area contributed by atoms with Gasteiger partial charge in [0.15, 0.2) is 6.61 Å². The Morgan fingerprint density at radius 3 is 2.77 bits per heavy atom. The number of carbonyl (C=O) groups is 1. The van der Waals surface area contributed by atoms with Crippen LogP contribution in [0.2, 0.25) is 0 Å². The number of nitrogens with zero attached hydrogens (tertiary/aromatic N) is 1. The highest BCUT2D eigenvalue weighted by Crippen LogP contribution is 2.16. The molecule has 5 nitrogen and oxygen atoms in total. The SMILES string of the molecule is Cc1ccccc1OCC(=O)NCCC(O)c1cccn1C. The molecule has 0 aliphatic carbocycles. The third kappa shape index (κ3) is 4.36. The third-order valence-electron chi connectivity index (χ3n) is 3.52. The number of aliphatic hydroxyl groups is 1. The minimum absolute atomic E-state index is 0.0227. The second kappa shape index (κ2) is 7.66. The number of aryl methyl sites for hydroxylation is 2. The molecule has 0 bridgehead atoms. The molecule has 0 spiro atoms. The molecule has 1 heterocycles. The third-order valence-corrected chi connectivity index (χ3v) is 3.52. The van der Waals surface area contributed by atoms with E-state index in [4.69, 9.17) is 4.74 Å². The molecule has 0 fully saturated rings. The molecule has 0 aliphatic rings. The predicted molar refractivity (Wildman–Crippen MR) is 84.7 cm³/mol. The van der Waals surface area contributed by atoms with Crippen LogP contribution in [0.15, 0.2) is 42.6 Å². The largest absolute Gasteiger partial charge is 0.484 e. The number of amides is 1. The molecule has 1 unspecified atom stereocenters. The summed E-state index contributed by atoms with van der Waals surface area (Å²) in [6.07, 6.45) is 1.76. The van der Waals surface area contributed by atoms with E-state index in [9.17, 15) is 9.90 Å². The molecule has 0 aliphatic heterocycles. The molecule has 2 rings (SSSR count). The van der Waals surface area contributed by atoms with E-state index in [0.717, 1.165) is 11.3 Å². The summed E-state index contributed by atoms with van der Waals surface area (Å²) in [7, 11) is 1.88. The summed E-state index contributed by atoms with van der Waals surface area (Å²) >= 11 is 0. The predicted octanol–water partition coefficient (Wildman–Crippen LogP) is 1.95. The Hall–Kier alpha value is -2.27. The summed E-state index contributed by atoms with van der Waals surface area (Å²) in [4.78, 5) is 11.7. The lowest BCUT2D eigenvalue weighted by atomic mass is 10.2. The Labute approximate surface area is 130 Å². The molecule has 1 aromatic carbocycles. The molecule has 1 atom stereocenters. The second-order valence-electron chi connectivity index (χ2n) is 5.25. The van der Waals surface area contributed by atoms with Crippen LogP contribution in [0, 0.1) is 6.92 Å². The van der Waals surface area contributed by atoms with Gasteiger partial charge in [0.05, 0.1) is 6.10 Å². The first kappa shape index (κ1) is 16.1. The number of carbonyl (C=O) groups excluding carboxylic acids is 1. The summed E-state index contributed by atoms with van der Waals surface area (Å²) in [5, 5.41) is 12.8. The number of para-hydroxylation sites is 1. The van der Waals surface area contributed by atoms with Crippen molar-refractivity contribution in [1.29, 1.82) is 0 Å². The molecule has 0 saturated carbocycles. The van der Waals surface area contributed by atoms with E-state index in [1.807, 2.05) is 61.1 Å². The van der Waals surface area contributed by atoms with Gasteiger partial charge in [0.1, 0.15) is 5.75 Å². The van der Waals surface area contributed by atoms with Crippen LogP contribution in [0.1, 0.15) is 23.8 Å². The zero-order valence-corrected chi connectivity index (χ0v) is 13.0. The van der Waals surface area contributed by atoms with Gasteiger partial charge >= 0.3 is 0 Å². The lowest BCUT2D eigenvalue weighted by molar-refractivity contribution is -0.123. The van der Waals surface area contributed by atoms with Crippen molar-refractivity contribution >= 4 is 5.91 Å². The van der Waals surface area contributed by atoms with Crippen LogP contribution in [0.5, 0.6) is 5.75 Å². The van der Waals surface area contributed by atoms with Gasteiger partial charge in [-0.2, -0.15) is 0 Å². The van der Waals surface area contributed by atoms with Gasteiger partial charge < -0.3 is 19.7 Å². The Balaban J connectivity index is 1.70. The summed E-state index contributed by atoms with van der Waals surface area (Å²) in [5.41, 5.74) is 1.83. The van der Waals surface area contributed by atoms with E-state index >= 15 is 0 Å². The van der Waals surface area contributed by atoms with Gasteiger partial charge in [-0.05, 0) is 37.1 Å². The highest BCUT2D eigenvalue weighted by Gasteiger charge is 2.11. The second-order valence-corrected chi connectivity index (χ2v) is 5.25. The molecule has 0 saturated heterocycles. The number of ether oxygens (including phenoxy) is 1. The first-order chi connectivity index (χ1) is 10.6. The number of benzene rings is 1. The molecule has 1 amide bonds. The topological polar surface area (TPSA) is 63.5 Å². The Bertz CT molecular complexity index is 622. The van der Waals surface area contributed by atoms with Crippen LogP contribution >= 0.6 is 0 Å². The standard InChI is InChI=1S/C17H22N2O3/c1-13-6-3-4-8-16(13)22-12-17(21)18-10-9-15(20)14-7-5-11-19(14)2/h3-8,11,15,20H,9-10,12H2,1-2H3,(H,18,21). The van der Waals surface area contributed by atoms with Crippen molar-refractivity contribution in [2.24, 2.45) is 7.05 Å². The van der Waals surface area contributed by atoms with E-state index in [1.165, 1.54) is 0 Å². The average molecular weight is 302 g/mol. The van der Waals surface area contributed by atoms with Gasteiger partial charge in [0.25, 0.3) is 5.91 Å². The first-order valence-corrected chi connectivity index (χ1v) is 7.32. The number of aromatic nitrogens is 1. The van der Waals surface area contributed by atoms with Gasteiger partial charge in [-0.1, -0.05) is 18.2 Å². The van der Waals surface area contributed by atoms with Crippen LogP contribution in [-0.2, 0) is 11.8 Å². The summed E-state index contributed by atoms with van der Waals surface area (Å²) in [6, 6.07) is 11.3. The molecule has 22 heavy (non-hydrogen) atoms. The van der Waals surface area contributed by atoms with Gasteiger partial charge in [-0.3, -0.25) is 4.79 Å². The molecule has 0 radical (unpaired) electrons. The van der Waals surface area contributed by atoms with E-state index in [1.54, 1.807) is 0 Å². The fraction of sp³-hybridized carbons (Fsp3) is 0.353. The molecule has 118 valence electrons. The van der Waals surface area contributed by atoms with Crippen molar-refractivity contribution in [1.82, 2.24) is 9.88 Å². The highest BCUT2D eigenvalue weighted by atomic mass is 16.5. The van der Waals surface area contributed by atoms with Crippen molar-refractivity contribution in [3.05, 3.63) is 53.9 Å². The number of aliphatic hydroxyl groups excluding tert-OH is 1. The lowest BCUT2D eigenvalue weighted by Crippen LogP contribution is -2.30.